The first kappa shape index (κ1) is 18.3. The summed E-state index contributed by atoms with van der Waals surface area (Å²) >= 11 is 7.59. The maximum absolute atomic E-state index is 13.2. The van der Waals surface area contributed by atoms with Gasteiger partial charge < -0.3 is 4.57 Å². The first-order valence-electron chi connectivity index (χ1n) is 7.37. The number of hydrogen-bond acceptors (Lipinski definition) is 4. The second-order valence-electron chi connectivity index (χ2n) is 5.38. The number of halogens is 2. The zero-order valence-electron chi connectivity index (χ0n) is 13.3. The van der Waals surface area contributed by atoms with Crippen LogP contribution in [0, 0.1) is 5.82 Å². The molecule has 0 aliphatic heterocycles. The molecule has 0 spiro atoms. The second kappa shape index (κ2) is 7.37. The molecule has 0 saturated carbocycles. The lowest BCUT2D eigenvalue weighted by atomic mass is 10.2. The zero-order valence-corrected chi connectivity index (χ0v) is 15.7. The van der Waals surface area contributed by atoms with E-state index in [-0.39, 0.29) is 12.4 Å². The van der Waals surface area contributed by atoms with E-state index < -0.39 is 10.1 Å². The molecule has 0 bridgehead atoms. The van der Waals surface area contributed by atoms with Gasteiger partial charge in [0, 0.05) is 32.9 Å². The fourth-order valence-corrected chi connectivity index (χ4v) is 3.99. The van der Waals surface area contributed by atoms with E-state index >= 15 is 0 Å². The average molecular weight is 400 g/mol. The van der Waals surface area contributed by atoms with E-state index in [2.05, 4.69) is 0 Å². The molecule has 1 aromatic heterocycles. The number of rotatable bonds is 6. The third kappa shape index (κ3) is 4.55. The maximum Gasteiger partial charge on any atom is 0.264 e. The van der Waals surface area contributed by atoms with Gasteiger partial charge in [0.15, 0.2) is 0 Å². The van der Waals surface area contributed by atoms with E-state index in [1.54, 1.807) is 18.2 Å². The summed E-state index contributed by atoms with van der Waals surface area (Å²) in [6.45, 7) is 0.0906. The quantitative estimate of drug-likeness (QED) is 0.348. The molecule has 8 heteroatoms. The van der Waals surface area contributed by atoms with Crippen molar-refractivity contribution in [1.82, 2.24) is 4.57 Å². The van der Waals surface area contributed by atoms with E-state index in [0.717, 1.165) is 27.7 Å². The molecule has 0 amide bonds. The van der Waals surface area contributed by atoms with Crippen molar-refractivity contribution >= 4 is 44.4 Å². The Balaban J connectivity index is 1.92. The largest absolute Gasteiger partial charge is 0.315 e. The van der Waals surface area contributed by atoms with Gasteiger partial charge in [-0.05, 0) is 42.5 Å². The Kier molecular flexibility index (Phi) is 5.38. The molecule has 25 heavy (non-hydrogen) atoms. The number of benzene rings is 2. The van der Waals surface area contributed by atoms with Crippen LogP contribution in [-0.4, -0.2) is 31.6 Å². The Hall–Kier alpha value is -1.54. The van der Waals surface area contributed by atoms with Crippen molar-refractivity contribution in [3.63, 3.8) is 0 Å². The summed E-state index contributed by atoms with van der Waals surface area (Å²) in [5.74, 6) is 0.179. The third-order valence-corrected chi connectivity index (χ3v) is 5.31. The van der Waals surface area contributed by atoms with Crippen molar-refractivity contribution in [3.05, 3.63) is 59.5 Å². The molecule has 0 saturated heterocycles. The van der Waals surface area contributed by atoms with Gasteiger partial charge in [-0.25, -0.2) is 4.39 Å². The Bertz CT molecular complexity index is 1000. The standard InChI is InChI=1S/C17H15ClFNO3S2/c1-25(21,22)23-8-9-24-17-11-20(14-5-3-13(19)4-6-14)16-7-2-12(18)10-15(16)17/h2-7,10-11H,8-9H2,1H3. The highest BCUT2D eigenvalue weighted by Gasteiger charge is 2.12. The minimum Gasteiger partial charge on any atom is -0.315 e. The van der Waals surface area contributed by atoms with E-state index in [1.165, 1.54) is 23.9 Å². The Morgan fingerprint density at radius 1 is 1.20 bits per heavy atom. The molecule has 0 atom stereocenters. The monoisotopic (exact) mass is 399 g/mol. The minimum absolute atomic E-state index is 0.0906. The predicted octanol–water partition coefficient (Wildman–Crippen LogP) is 4.49. The maximum atomic E-state index is 13.2. The molecule has 0 radical (unpaired) electrons. The van der Waals surface area contributed by atoms with E-state index in [1.807, 2.05) is 22.9 Å². The predicted molar refractivity (Wildman–Crippen MR) is 99.8 cm³/mol. The van der Waals surface area contributed by atoms with Crippen LogP contribution in [0.4, 0.5) is 4.39 Å². The number of thioether (sulfide) groups is 1. The summed E-state index contributed by atoms with van der Waals surface area (Å²) in [5, 5.41) is 1.56. The Morgan fingerprint density at radius 3 is 2.60 bits per heavy atom. The zero-order chi connectivity index (χ0) is 18.0. The van der Waals surface area contributed by atoms with Crippen LogP contribution < -0.4 is 0 Å². The number of hydrogen-bond donors (Lipinski definition) is 0. The summed E-state index contributed by atoms with van der Waals surface area (Å²) in [7, 11) is -3.44. The van der Waals surface area contributed by atoms with Gasteiger partial charge in [-0.15, -0.1) is 11.8 Å². The molecule has 0 aliphatic rings. The molecule has 132 valence electrons. The lowest BCUT2D eigenvalue weighted by Gasteiger charge is -2.05. The fraction of sp³-hybridized carbons (Fsp3) is 0.176. The molecular formula is C17H15ClFNO3S2. The van der Waals surface area contributed by atoms with Gasteiger partial charge in [-0.1, -0.05) is 11.6 Å². The van der Waals surface area contributed by atoms with E-state index in [9.17, 15) is 12.8 Å². The van der Waals surface area contributed by atoms with Crippen LogP contribution in [0.25, 0.3) is 16.6 Å². The molecule has 3 aromatic rings. The normalized spacial score (nSPS) is 12.0. The summed E-state index contributed by atoms with van der Waals surface area (Å²) < 4.78 is 42.0. The molecule has 0 unspecified atom stereocenters. The van der Waals surface area contributed by atoms with Crippen molar-refractivity contribution < 1.29 is 17.0 Å². The van der Waals surface area contributed by atoms with E-state index in [0.29, 0.717) is 10.8 Å². The van der Waals surface area contributed by atoms with Gasteiger partial charge in [-0.2, -0.15) is 8.42 Å². The van der Waals surface area contributed by atoms with Crippen LogP contribution in [0.5, 0.6) is 0 Å². The Labute approximate surface area is 154 Å². The first-order chi connectivity index (χ1) is 11.8. The second-order valence-corrected chi connectivity index (χ2v) is 8.59. The highest BCUT2D eigenvalue weighted by molar-refractivity contribution is 7.99. The Morgan fingerprint density at radius 2 is 1.92 bits per heavy atom. The smallest absolute Gasteiger partial charge is 0.264 e. The van der Waals surface area contributed by atoms with Crippen molar-refractivity contribution in [1.29, 1.82) is 0 Å². The number of fused-ring (bicyclic) bond motifs is 1. The summed E-state index contributed by atoms with van der Waals surface area (Å²) in [6, 6.07) is 11.8. The lowest BCUT2D eigenvalue weighted by molar-refractivity contribution is 0.345. The fourth-order valence-electron chi connectivity index (χ4n) is 2.44. The van der Waals surface area contributed by atoms with Gasteiger partial charge in [0.25, 0.3) is 10.1 Å². The van der Waals surface area contributed by atoms with Crippen molar-refractivity contribution in [2.45, 2.75) is 4.90 Å². The molecule has 0 N–H and O–H groups in total. The van der Waals surface area contributed by atoms with E-state index in [4.69, 9.17) is 15.8 Å². The lowest BCUT2D eigenvalue weighted by Crippen LogP contribution is -2.05. The molecule has 0 aliphatic carbocycles. The number of nitrogens with zero attached hydrogens (tertiary/aromatic N) is 1. The highest BCUT2D eigenvalue weighted by Crippen LogP contribution is 2.33. The van der Waals surface area contributed by atoms with Crippen LogP contribution in [0.1, 0.15) is 0 Å². The van der Waals surface area contributed by atoms with Gasteiger partial charge in [0.2, 0.25) is 0 Å². The number of aromatic nitrogens is 1. The van der Waals surface area contributed by atoms with Crippen LogP contribution in [0.2, 0.25) is 5.02 Å². The van der Waals surface area contributed by atoms with Crippen LogP contribution in [0.15, 0.2) is 53.6 Å². The van der Waals surface area contributed by atoms with Crippen molar-refractivity contribution in [2.24, 2.45) is 0 Å². The van der Waals surface area contributed by atoms with Crippen molar-refractivity contribution in [3.8, 4) is 5.69 Å². The van der Waals surface area contributed by atoms with Crippen LogP contribution in [0.3, 0.4) is 0 Å². The van der Waals surface area contributed by atoms with Crippen molar-refractivity contribution in [2.75, 3.05) is 18.6 Å². The SMILES string of the molecule is CS(=O)(=O)OCCSc1cn(-c2ccc(F)cc2)c2ccc(Cl)cc12. The van der Waals surface area contributed by atoms with Crippen LogP contribution >= 0.6 is 23.4 Å². The summed E-state index contributed by atoms with van der Waals surface area (Å²) in [5.41, 5.74) is 1.76. The van der Waals surface area contributed by atoms with Gasteiger partial charge >= 0.3 is 0 Å². The third-order valence-electron chi connectivity index (χ3n) is 3.47. The van der Waals surface area contributed by atoms with Gasteiger partial charge in [0.05, 0.1) is 18.4 Å². The molecular weight excluding hydrogens is 385 g/mol. The first-order valence-corrected chi connectivity index (χ1v) is 10.6. The van der Waals surface area contributed by atoms with Crippen LogP contribution in [-0.2, 0) is 14.3 Å². The average Bonchev–Trinajstić information content (AvgIpc) is 2.89. The minimum atomic E-state index is -3.44. The summed E-state index contributed by atoms with van der Waals surface area (Å²) in [6.07, 6.45) is 2.96. The molecule has 3 rings (SSSR count). The van der Waals surface area contributed by atoms with Gasteiger partial charge in [0.1, 0.15) is 5.82 Å². The van der Waals surface area contributed by atoms with Gasteiger partial charge in [-0.3, -0.25) is 4.18 Å². The highest BCUT2D eigenvalue weighted by atomic mass is 35.5. The molecule has 2 aromatic carbocycles. The summed E-state index contributed by atoms with van der Waals surface area (Å²) in [4.78, 5) is 0.943. The molecule has 0 fully saturated rings. The molecule has 4 nitrogen and oxygen atoms in total. The topological polar surface area (TPSA) is 48.3 Å². The molecule has 1 heterocycles.